The van der Waals surface area contributed by atoms with Gasteiger partial charge in [-0.05, 0) is 26.9 Å². The Morgan fingerprint density at radius 1 is 1.43 bits per heavy atom. The van der Waals surface area contributed by atoms with E-state index in [1.807, 2.05) is 19.0 Å². The van der Waals surface area contributed by atoms with Crippen LogP contribution in [0, 0.1) is 5.41 Å². The molecule has 1 aliphatic rings. The molecule has 0 spiro atoms. The number of hydrogen-bond acceptors (Lipinski definition) is 4. The van der Waals surface area contributed by atoms with Gasteiger partial charge < -0.3 is 20.4 Å². The number of likely N-dealkylation sites (N-methyl/N-ethyl adjacent to an activating group) is 1. The highest BCUT2D eigenvalue weighted by Gasteiger charge is 2.41. The average molecular weight is 202 g/mol. The van der Waals surface area contributed by atoms with E-state index in [9.17, 15) is 5.11 Å². The molecule has 0 radical (unpaired) electrons. The van der Waals surface area contributed by atoms with Gasteiger partial charge in [0.1, 0.15) is 0 Å². The van der Waals surface area contributed by atoms with Crippen molar-refractivity contribution in [2.24, 2.45) is 5.41 Å². The molecule has 4 heteroatoms. The van der Waals surface area contributed by atoms with Gasteiger partial charge in [0.15, 0.2) is 0 Å². The molecule has 0 aliphatic heterocycles. The molecular formula is C10H22N2O2. The highest BCUT2D eigenvalue weighted by Crippen LogP contribution is 2.44. The summed E-state index contributed by atoms with van der Waals surface area (Å²) in [6.45, 7) is 2.39. The van der Waals surface area contributed by atoms with Crippen molar-refractivity contribution in [1.82, 2.24) is 10.2 Å². The number of nitrogens with zero attached hydrogens (tertiary/aromatic N) is 1. The van der Waals surface area contributed by atoms with E-state index in [1.165, 1.54) is 0 Å². The third kappa shape index (κ3) is 3.92. The molecule has 14 heavy (non-hydrogen) atoms. The van der Waals surface area contributed by atoms with E-state index in [-0.39, 0.29) is 18.1 Å². The number of rotatable bonds is 7. The lowest BCUT2D eigenvalue weighted by Crippen LogP contribution is -2.37. The van der Waals surface area contributed by atoms with Gasteiger partial charge in [-0.1, -0.05) is 0 Å². The molecule has 0 aromatic heterocycles. The Morgan fingerprint density at radius 2 is 2.07 bits per heavy atom. The Kier molecular flexibility index (Phi) is 4.31. The minimum atomic E-state index is -0.320. The summed E-state index contributed by atoms with van der Waals surface area (Å²) in [7, 11) is 3.89. The van der Waals surface area contributed by atoms with E-state index >= 15 is 0 Å². The number of aliphatic hydroxyl groups is 2. The zero-order chi connectivity index (χ0) is 10.6. The molecule has 0 aromatic carbocycles. The molecule has 0 amide bonds. The van der Waals surface area contributed by atoms with Crippen molar-refractivity contribution in [2.45, 2.75) is 18.9 Å². The highest BCUT2D eigenvalue weighted by molar-refractivity contribution is 4.94. The Morgan fingerprint density at radius 3 is 2.50 bits per heavy atom. The summed E-state index contributed by atoms with van der Waals surface area (Å²) in [6, 6.07) is 0. The maximum atomic E-state index is 9.54. The number of aliphatic hydroxyl groups excluding tert-OH is 2. The number of hydrogen-bond donors (Lipinski definition) is 3. The molecule has 1 rings (SSSR count). The van der Waals surface area contributed by atoms with Crippen LogP contribution in [0.1, 0.15) is 12.8 Å². The minimum Gasteiger partial charge on any atom is -0.396 e. The Labute approximate surface area is 85.9 Å². The van der Waals surface area contributed by atoms with Gasteiger partial charge in [-0.25, -0.2) is 0 Å². The van der Waals surface area contributed by atoms with Crippen molar-refractivity contribution in [2.75, 3.05) is 40.3 Å². The van der Waals surface area contributed by atoms with Crippen molar-refractivity contribution in [3.8, 4) is 0 Å². The summed E-state index contributed by atoms with van der Waals surface area (Å²) < 4.78 is 0. The summed E-state index contributed by atoms with van der Waals surface area (Å²) in [5.41, 5.74) is 0.137. The molecule has 0 aromatic rings. The van der Waals surface area contributed by atoms with E-state index < -0.39 is 0 Å². The van der Waals surface area contributed by atoms with E-state index in [1.54, 1.807) is 0 Å². The van der Waals surface area contributed by atoms with E-state index in [0.717, 1.165) is 19.4 Å². The van der Waals surface area contributed by atoms with Crippen molar-refractivity contribution < 1.29 is 10.2 Å². The fourth-order valence-electron chi connectivity index (χ4n) is 1.56. The first kappa shape index (κ1) is 11.9. The molecule has 1 aliphatic carbocycles. The van der Waals surface area contributed by atoms with Gasteiger partial charge >= 0.3 is 0 Å². The minimum absolute atomic E-state index is 0.137. The molecule has 0 heterocycles. The molecule has 4 nitrogen and oxygen atoms in total. The molecule has 0 bridgehead atoms. The van der Waals surface area contributed by atoms with Gasteiger partial charge in [0.25, 0.3) is 0 Å². The van der Waals surface area contributed by atoms with Crippen molar-refractivity contribution in [3.63, 3.8) is 0 Å². The molecule has 84 valence electrons. The maximum Gasteiger partial charge on any atom is 0.0791 e. The van der Waals surface area contributed by atoms with E-state index in [4.69, 9.17) is 5.11 Å². The standard InChI is InChI=1S/C10H22N2O2/c1-12(2)6-9(14)5-11-7-10(8-13)3-4-10/h9,11,13-14H,3-8H2,1-2H3. The van der Waals surface area contributed by atoms with Gasteiger partial charge in [-0.2, -0.15) is 0 Å². The van der Waals surface area contributed by atoms with Gasteiger partial charge in [0.2, 0.25) is 0 Å². The number of nitrogens with one attached hydrogen (secondary N) is 1. The largest absolute Gasteiger partial charge is 0.396 e. The predicted octanol–water partition coefficient (Wildman–Crippen LogP) is -0.729. The van der Waals surface area contributed by atoms with Crippen LogP contribution in [0.25, 0.3) is 0 Å². The van der Waals surface area contributed by atoms with Crippen LogP contribution in [-0.4, -0.2) is 61.6 Å². The summed E-state index contributed by atoms with van der Waals surface area (Å²) in [4.78, 5) is 1.96. The second kappa shape index (κ2) is 5.07. The Hall–Kier alpha value is -0.160. The van der Waals surface area contributed by atoms with Crippen LogP contribution in [0.15, 0.2) is 0 Å². The third-order valence-electron chi connectivity index (χ3n) is 2.75. The maximum absolute atomic E-state index is 9.54. The zero-order valence-corrected chi connectivity index (χ0v) is 9.16. The van der Waals surface area contributed by atoms with E-state index in [2.05, 4.69) is 5.32 Å². The van der Waals surface area contributed by atoms with Crippen molar-refractivity contribution in [3.05, 3.63) is 0 Å². The summed E-state index contributed by atoms with van der Waals surface area (Å²) in [6.07, 6.45) is 1.90. The smallest absolute Gasteiger partial charge is 0.0791 e. The average Bonchev–Trinajstić information content (AvgIpc) is 2.84. The third-order valence-corrected chi connectivity index (χ3v) is 2.75. The molecule has 1 unspecified atom stereocenters. The van der Waals surface area contributed by atoms with Gasteiger partial charge in [0, 0.05) is 31.7 Å². The molecule has 1 saturated carbocycles. The molecule has 3 N–H and O–H groups in total. The van der Waals surface area contributed by atoms with Crippen LogP contribution < -0.4 is 5.32 Å². The monoisotopic (exact) mass is 202 g/mol. The molecule has 1 fully saturated rings. The summed E-state index contributed by atoms with van der Waals surface area (Å²) >= 11 is 0. The van der Waals surface area contributed by atoms with Crippen LogP contribution in [0.3, 0.4) is 0 Å². The first-order chi connectivity index (χ1) is 6.58. The SMILES string of the molecule is CN(C)CC(O)CNCC1(CO)CC1. The van der Waals surface area contributed by atoms with Crippen LogP contribution in [0.2, 0.25) is 0 Å². The van der Waals surface area contributed by atoms with Crippen LogP contribution in [0.4, 0.5) is 0 Å². The highest BCUT2D eigenvalue weighted by atomic mass is 16.3. The van der Waals surface area contributed by atoms with Crippen molar-refractivity contribution >= 4 is 0 Å². The topological polar surface area (TPSA) is 55.7 Å². The Bertz CT molecular complexity index is 170. The molecule has 0 saturated heterocycles. The lowest BCUT2D eigenvalue weighted by atomic mass is 10.1. The lowest BCUT2D eigenvalue weighted by molar-refractivity contribution is 0.129. The van der Waals surface area contributed by atoms with Gasteiger partial charge in [0.05, 0.1) is 6.10 Å². The first-order valence-corrected chi connectivity index (χ1v) is 5.22. The first-order valence-electron chi connectivity index (χ1n) is 5.22. The fraction of sp³-hybridized carbons (Fsp3) is 1.00. The van der Waals surface area contributed by atoms with E-state index in [0.29, 0.717) is 13.1 Å². The van der Waals surface area contributed by atoms with Crippen molar-refractivity contribution in [1.29, 1.82) is 0 Å². The zero-order valence-electron chi connectivity index (χ0n) is 9.16. The normalized spacial score (nSPS) is 21.2. The predicted molar refractivity (Wildman–Crippen MR) is 56.2 cm³/mol. The van der Waals surface area contributed by atoms with Crippen LogP contribution >= 0.6 is 0 Å². The van der Waals surface area contributed by atoms with Crippen LogP contribution in [-0.2, 0) is 0 Å². The summed E-state index contributed by atoms with van der Waals surface area (Å²) in [5.74, 6) is 0. The fourth-order valence-corrected chi connectivity index (χ4v) is 1.56. The summed E-state index contributed by atoms with van der Waals surface area (Å²) in [5, 5.41) is 21.8. The molecule has 1 atom stereocenters. The van der Waals surface area contributed by atoms with Gasteiger partial charge in [-0.15, -0.1) is 0 Å². The molecular weight excluding hydrogens is 180 g/mol. The quantitative estimate of drug-likeness (QED) is 0.509. The van der Waals surface area contributed by atoms with Gasteiger partial charge in [-0.3, -0.25) is 0 Å². The van der Waals surface area contributed by atoms with Crippen LogP contribution in [0.5, 0.6) is 0 Å². The lowest BCUT2D eigenvalue weighted by Gasteiger charge is -2.18. The second-order valence-electron chi connectivity index (χ2n) is 4.71. The Balaban J connectivity index is 2.03. The second-order valence-corrected chi connectivity index (χ2v) is 4.71.